The fourth-order valence-corrected chi connectivity index (χ4v) is 3.57. The summed E-state index contributed by atoms with van der Waals surface area (Å²) in [5, 5.41) is 10.1. The lowest BCUT2D eigenvalue weighted by Crippen LogP contribution is -1.97. The zero-order valence-corrected chi connectivity index (χ0v) is 17.2. The molecule has 0 heterocycles. The van der Waals surface area contributed by atoms with Gasteiger partial charge in [-0.2, -0.15) is 8.42 Å². The summed E-state index contributed by atoms with van der Waals surface area (Å²) in [4.78, 5) is -0.180. The first-order chi connectivity index (χ1) is 13.4. The van der Waals surface area contributed by atoms with E-state index in [9.17, 15) is 13.5 Å². The van der Waals surface area contributed by atoms with Crippen LogP contribution in [0.1, 0.15) is 63.9 Å². The molecule has 2 aromatic carbocycles. The van der Waals surface area contributed by atoms with E-state index in [-0.39, 0.29) is 10.6 Å². The van der Waals surface area contributed by atoms with Crippen molar-refractivity contribution in [1.82, 2.24) is 0 Å². The van der Waals surface area contributed by atoms with Gasteiger partial charge in [-0.15, -0.1) is 0 Å². The fraction of sp³-hybridized carbons (Fsp3) is 0.455. The average Bonchev–Trinajstić information content (AvgIpc) is 2.66. The molecule has 0 saturated carbocycles. The van der Waals surface area contributed by atoms with Gasteiger partial charge in [-0.05, 0) is 60.9 Å². The molecule has 28 heavy (non-hydrogen) atoms. The van der Waals surface area contributed by atoms with Crippen LogP contribution in [0.25, 0.3) is 0 Å². The van der Waals surface area contributed by atoms with E-state index in [0.29, 0.717) is 11.5 Å². The first kappa shape index (κ1) is 22.2. The maximum atomic E-state index is 11.1. The molecule has 0 aliphatic carbocycles. The van der Waals surface area contributed by atoms with Gasteiger partial charge in [-0.3, -0.25) is 4.55 Å². The van der Waals surface area contributed by atoms with Crippen molar-refractivity contribution in [3.05, 3.63) is 48.0 Å². The summed E-state index contributed by atoms with van der Waals surface area (Å²) >= 11 is 0. The van der Waals surface area contributed by atoms with Crippen molar-refractivity contribution in [2.45, 2.75) is 69.6 Å². The van der Waals surface area contributed by atoms with Crippen molar-refractivity contribution in [2.24, 2.45) is 0 Å². The third kappa shape index (κ3) is 7.52. The number of unbranched alkanes of at least 4 members (excludes halogenated alkanes) is 7. The number of rotatable bonds is 12. The summed E-state index contributed by atoms with van der Waals surface area (Å²) in [5.41, 5.74) is 0.845. The molecule has 154 valence electrons. The van der Waals surface area contributed by atoms with Gasteiger partial charge in [0.1, 0.15) is 17.2 Å². The molecular weight excluding hydrogens is 376 g/mol. The number of aryl methyl sites for hydroxylation is 1. The third-order valence-corrected chi connectivity index (χ3v) is 5.58. The van der Waals surface area contributed by atoms with E-state index in [1.165, 1.54) is 62.8 Å². The SMILES string of the molecule is CCCCCCCCCCc1cc(Oc2ccc(S(=O)(=O)O)cc2)ccc1O. The number of phenols is 1. The Labute approximate surface area is 168 Å². The molecule has 0 bridgehead atoms. The molecule has 6 heteroatoms. The molecule has 0 aromatic heterocycles. The molecule has 2 aromatic rings. The lowest BCUT2D eigenvalue weighted by atomic mass is 10.0. The number of hydrogen-bond acceptors (Lipinski definition) is 4. The van der Waals surface area contributed by atoms with Crippen LogP contribution in [0.2, 0.25) is 0 Å². The lowest BCUT2D eigenvalue weighted by Gasteiger charge is -2.10. The highest BCUT2D eigenvalue weighted by atomic mass is 32.2. The minimum absolute atomic E-state index is 0.180. The van der Waals surface area contributed by atoms with E-state index in [4.69, 9.17) is 9.29 Å². The summed E-state index contributed by atoms with van der Waals surface area (Å²) in [5.74, 6) is 1.29. The Balaban J connectivity index is 1.85. The summed E-state index contributed by atoms with van der Waals surface area (Å²) in [7, 11) is -4.22. The normalized spacial score (nSPS) is 11.5. The number of hydrogen-bond donors (Lipinski definition) is 2. The van der Waals surface area contributed by atoms with Gasteiger partial charge in [0.05, 0.1) is 4.90 Å². The Morgan fingerprint density at radius 3 is 2.00 bits per heavy atom. The molecule has 0 fully saturated rings. The zero-order chi connectivity index (χ0) is 20.4. The first-order valence-corrected chi connectivity index (χ1v) is 11.4. The van der Waals surface area contributed by atoms with Crippen molar-refractivity contribution >= 4 is 10.1 Å². The quantitative estimate of drug-likeness (QED) is 0.328. The van der Waals surface area contributed by atoms with E-state index in [2.05, 4.69) is 6.92 Å². The van der Waals surface area contributed by atoms with Gasteiger partial charge >= 0.3 is 0 Å². The van der Waals surface area contributed by atoms with Gasteiger partial charge in [-0.1, -0.05) is 51.9 Å². The molecule has 0 amide bonds. The van der Waals surface area contributed by atoms with Crippen LogP contribution in [0, 0.1) is 0 Å². The molecule has 0 unspecified atom stereocenters. The maximum absolute atomic E-state index is 11.1. The van der Waals surface area contributed by atoms with Gasteiger partial charge in [0.15, 0.2) is 0 Å². The molecule has 0 saturated heterocycles. The summed E-state index contributed by atoms with van der Waals surface area (Å²) in [6.07, 6.45) is 10.7. The monoisotopic (exact) mass is 406 g/mol. The van der Waals surface area contributed by atoms with Crippen molar-refractivity contribution < 1.29 is 22.8 Å². The summed E-state index contributed by atoms with van der Waals surface area (Å²) < 4.78 is 36.9. The highest BCUT2D eigenvalue weighted by Crippen LogP contribution is 2.29. The number of aromatic hydroxyl groups is 1. The van der Waals surface area contributed by atoms with Crippen molar-refractivity contribution in [2.75, 3.05) is 0 Å². The van der Waals surface area contributed by atoms with Crippen LogP contribution in [0.3, 0.4) is 0 Å². The van der Waals surface area contributed by atoms with Crippen LogP contribution in [0.4, 0.5) is 0 Å². The second-order valence-electron chi connectivity index (χ2n) is 7.06. The molecule has 2 rings (SSSR count). The molecular formula is C22H30O5S. The largest absolute Gasteiger partial charge is 0.508 e. The van der Waals surface area contributed by atoms with Crippen LogP contribution in [-0.2, 0) is 16.5 Å². The predicted molar refractivity (Wildman–Crippen MR) is 111 cm³/mol. The molecule has 0 radical (unpaired) electrons. The van der Waals surface area contributed by atoms with Crippen LogP contribution < -0.4 is 4.74 Å². The topological polar surface area (TPSA) is 83.8 Å². The van der Waals surface area contributed by atoms with Crippen molar-refractivity contribution in [1.29, 1.82) is 0 Å². The Morgan fingerprint density at radius 2 is 1.39 bits per heavy atom. The average molecular weight is 407 g/mol. The Bertz CT molecular complexity index is 829. The number of ether oxygens (including phenoxy) is 1. The van der Waals surface area contributed by atoms with Crippen LogP contribution in [0.5, 0.6) is 17.2 Å². The second-order valence-corrected chi connectivity index (χ2v) is 8.49. The number of benzene rings is 2. The molecule has 0 atom stereocenters. The van der Waals surface area contributed by atoms with Crippen LogP contribution >= 0.6 is 0 Å². The first-order valence-electron chi connectivity index (χ1n) is 9.97. The lowest BCUT2D eigenvalue weighted by molar-refractivity contribution is 0.455. The highest BCUT2D eigenvalue weighted by Gasteiger charge is 2.10. The zero-order valence-electron chi connectivity index (χ0n) is 16.4. The van der Waals surface area contributed by atoms with E-state index in [1.807, 2.05) is 6.07 Å². The van der Waals surface area contributed by atoms with E-state index < -0.39 is 10.1 Å². The van der Waals surface area contributed by atoms with Gasteiger partial charge < -0.3 is 9.84 Å². The standard InChI is InChI=1S/C22H30O5S/c1-2-3-4-5-6-7-8-9-10-18-17-20(13-16-22(18)23)27-19-11-14-21(15-12-19)28(24,25)26/h11-17,23H,2-10H2,1H3,(H,24,25,26). The van der Waals surface area contributed by atoms with Crippen LogP contribution in [0.15, 0.2) is 47.4 Å². The Morgan fingerprint density at radius 1 is 0.821 bits per heavy atom. The van der Waals surface area contributed by atoms with Crippen LogP contribution in [-0.4, -0.2) is 18.1 Å². The summed E-state index contributed by atoms with van der Waals surface area (Å²) in [6.45, 7) is 2.22. The van der Waals surface area contributed by atoms with Gasteiger partial charge in [0.2, 0.25) is 0 Å². The smallest absolute Gasteiger partial charge is 0.294 e. The highest BCUT2D eigenvalue weighted by molar-refractivity contribution is 7.85. The van der Waals surface area contributed by atoms with Gasteiger partial charge in [-0.25, -0.2) is 0 Å². The Hall–Kier alpha value is -2.05. The molecule has 2 N–H and O–H groups in total. The number of phenolic OH excluding ortho intramolecular Hbond substituents is 1. The maximum Gasteiger partial charge on any atom is 0.294 e. The van der Waals surface area contributed by atoms with E-state index in [0.717, 1.165) is 24.8 Å². The minimum atomic E-state index is -4.22. The minimum Gasteiger partial charge on any atom is -0.508 e. The van der Waals surface area contributed by atoms with E-state index in [1.54, 1.807) is 12.1 Å². The second kappa shape index (κ2) is 11.1. The van der Waals surface area contributed by atoms with Gasteiger partial charge in [0, 0.05) is 0 Å². The Kier molecular flexibility index (Phi) is 8.80. The molecule has 0 aliphatic rings. The molecule has 5 nitrogen and oxygen atoms in total. The molecule has 0 aliphatic heterocycles. The predicted octanol–water partition coefficient (Wildman–Crippen LogP) is 6.11. The van der Waals surface area contributed by atoms with Crippen molar-refractivity contribution in [3.63, 3.8) is 0 Å². The summed E-state index contributed by atoms with van der Waals surface area (Å²) in [6, 6.07) is 10.6. The third-order valence-electron chi connectivity index (χ3n) is 4.71. The fourth-order valence-electron chi connectivity index (χ4n) is 3.09. The van der Waals surface area contributed by atoms with E-state index >= 15 is 0 Å². The molecule has 0 spiro atoms. The van der Waals surface area contributed by atoms with Gasteiger partial charge in [0.25, 0.3) is 10.1 Å². The van der Waals surface area contributed by atoms with Crippen molar-refractivity contribution in [3.8, 4) is 17.2 Å².